The second kappa shape index (κ2) is 5.47. The van der Waals surface area contributed by atoms with E-state index in [1.807, 2.05) is 42.5 Å². The minimum atomic E-state index is 0.0455. The quantitative estimate of drug-likeness (QED) is 0.683. The van der Waals surface area contributed by atoms with Gasteiger partial charge in [0.15, 0.2) is 0 Å². The monoisotopic (exact) mass is 303 g/mol. The van der Waals surface area contributed by atoms with E-state index in [1.54, 1.807) is 10.8 Å². The maximum absolute atomic E-state index is 12.8. The fraction of sp³-hybridized carbons (Fsp3) is 0.211. The molecule has 4 rings (SSSR count). The molecule has 0 saturated carbocycles. The van der Waals surface area contributed by atoms with E-state index < -0.39 is 0 Å². The molecule has 1 unspecified atom stereocenters. The van der Waals surface area contributed by atoms with Gasteiger partial charge < -0.3 is 0 Å². The van der Waals surface area contributed by atoms with Crippen LogP contribution in [0.5, 0.6) is 0 Å². The molecule has 4 heteroatoms. The van der Waals surface area contributed by atoms with Gasteiger partial charge >= 0.3 is 0 Å². The second-order valence-corrected chi connectivity index (χ2v) is 5.93. The molecule has 0 saturated heterocycles. The molecule has 0 N–H and O–H groups in total. The lowest BCUT2D eigenvalue weighted by molar-refractivity contribution is 0.416. The maximum atomic E-state index is 12.8. The van der Waals surface area contributed by atoms with Gasteiger partial charge in [-0.3, -0.25) is 14.3 Å². The van der Waals surface area contributed by atoms with Crippen molar-refractivity contribution in [1.29, 1.82) is 0 Å². The number of rotatable bonds is 2. The molecule has 3 aromatic rings. The zero-order valence-electron chi connectivity index (χ0n) is 12.8. The molecular weight excluding hydrogens is 286 g/mol. The molecule has 0 radical (unpaired) electrons. The molecule has 0 spiro atoms. The number of benzene rings is 1. The minimum Gasteiger partial charge on any atom is -0.296 e. The van der Waals surface area contributed by atoms with Crippen LogP contribution in [0.1, 0.15) is 12.2 Å². The number of allylic oxidation sites excluding steroid dienone is 1. The molecule has 0 amide bonds. The fourth-order valence-electron chi connectivity index (χ4n) is 3.17. The van der Waals surface area contributed by atoms with Crippen LogP contribution in [0.15, 0.2) is 60.0 Å². The summed E-state index contributed by atoms with van der Waals surface area (Å²) in [6.07, 6.45) is 5.52. The molecule has 4 nitrogen and oxygen atoms in total. The lowest BCUT2D eigenvalue weighted by atomic mass is 9.99. The van der Waals surface area contributed by atoms with E-state index in [4.69, 9.17) is 4.98 Å². The lowest BCUT2D eigenvalue weighted by Gasteiger charge is -2.23. The summed E-state index contributed by atoms with van der Waals surface area (Å²) in [5.74, 6) is 1.23. The fourth-order valence-corrected chi connectivity index (χ4v) is 3.17. The first kappa shape index (κ1) is 13.9. The van der Waals surface area contributed by atoms with Gasteiger partial charge in [-0.05, 0) is 36.6 Å². The Balaban J connectivity index is 1.88. The Morgan fingerprint density at radius 1 is 1.26 bits per heavy atom. The van der Waals surface area contributed by atoms with Crippen LogP contribution in [0.4, 0.5) is 0 Å². The van der Waals surface area contributed by atoms with Crippen LogP contribution in [0.25, 0.3) is 22.2 Å². The van der Waals surface area contributed by atoms with Gasteiger partial charge in [0.1, 0.15) is 5.82 Å². The summed E-state index contributed by atoms with van der Waals surface area (Å²) < 4.78 is 1.80. The SMILES string of the molecule is C=CC1CCc2nc3cc(-c4ccccn4)ccc3c(=O)n2C1. The number of hydrogen-bond donors (Lipinski definition) is 0. The molecule has 3 heterocycles. The van der Waals surface area contributed by atoms with E-state index in [9.17, 15) is 4.79 Å². The van der Waals surface area contributed by atoms with Crippen molar-refractivity contribution >= 4 is 10.9 Å². The zero-order valence-corrected chi connectivity index (χ0v) is 12.8. The van der Waals surface area contributed by atoms with Gasteiger partial charge in [-0.15, -0.1) is 6.58 Å². The number of aromatic nitrogens is 3. The van der Waals surface area contributed by atoms with Gasteiger partial charge in [0, 0.05) is 24.7 Å². The summed E-state index contributed by atoms with van der Waals surface area (Å²) in [6.45, 7) is 4.53. The van der Waals surface area contributed by atoms with Crippen LogP contribution < -0.4 is 5.56 Å². The van der Waals surface area contributed by atoms with Crippen molar-refractivity contribution < 1.29 is 0 Å². The second-order valence-electron chi connectivity index (χ2n) is 5.93. The molecule has 0 bridgehead atoms. The van der Waals surface area contributed by atoms with Crippen LogP contribution in [-0.4, -0.2) is 14.5 Å². The predicted molar refractivity (Wildman–Crippen MR) is 91.2 cm³/mol. The van der Waals surface area contributed by atoms with E-state index in [0.717, 1.165) is 35.4 Å². The summed E-state index contributed by atoms with van der Waals surface area (Å²) in [5.41, 5.74) is 2.67. The molecule has 114 valence electrons. The van der Waals surface area contributed by atoms with Crippen molar-refractivity contribution in [3.05, 3.63) is 71.4 Å². The molecule has 1 atom stereocenters. The normalized spacial score (nSPS) is 17.0. The molecule has 1 aliphatic heterocycles. The number of hydrogen-bond acceptors (Lipinski definition) is 3. The third kappa shape index (κ3) is 2.36. The first-order valence-corrected chi connectivity index (χ1v) is 7.83. The van der Waals surface area contributed by atoms with Gasteiger partial charge in [0.2, 0.25) is 0 Å². The summed E-state index contributed by atoms with van der Waals surface area (Å²) in [5, 5.41) is 0.665. The summed E-state index contributed by atoms with van der Waals surface area (Å²) in [6, 6.07) is 11.6. The molecule has 0 fully saturated rings. The van der Waals surface area contributed by atoms with Crippen LogP contribution >= 0.6 is 0 Å². The van der Waals surface area contributed by atoms with Crippen molar-refractivity contribution in [2.24, 2.45) is 5.92 Å². The van der Waals surface area contributed by atoms with Gasteiger partial charge in [0.05, 0.1) is 16.6 Å². The zero-order chi connectivity index (χ0) is 15.8. The van der Waals surface area contributed by atoms with Gasteiger partial charge in [0.25, 0.3) is 5.56 Å². The molecular formula is C19H17N3O. The Labute approximate surface area is 134 Å². The number of fused-ring (bicyclic) bond motifs is 2. The number of pyridine rings is 1. The molecule has 0 aliphatic carbocycles. The van der Waals surface area contributed by atoms with Crippen molar-refractivity contribution in [2.75, 3.05) is 0 Å². The highest BCUT2D eigenvalue weighted by Gasteiger charge is 2.20. The van der Waals surface area contributed by atoms with E-state index in [-0.39, 0.29) is 5.56 Å². The highest BCUT2D eigenvalue weighted by atomic mass is 16.1. The number of nitrogens with zero attached hydrogens (tertiary/aromatic N) is 3. The van der Waals surface area contributed by atoms with Crippen molar-refractivity contribution in [2.45, 2.75) is 19.4 Å². The Kier molecular flexibility index (Phi) is 3.30. The predicted octanol–water partition coefficient (Wildman–Crippen LogP) is 3.21. The van der Waals surface area contributed by atoms with E-state index in [2.05, 4.69) is 11.6 Å². The van der Waals surface area contributed by atoms with Gasteiger partial charge in [-0.25, -0.2) is 4.98 Å². The Hall–Kier alpha value is -2.75. The lowest BCUT2D eigenvalue weighted by Crippen LogP contribution is -2.32. The number of aryl methyl sites for hydroxylation is 1. The van der Waals surface area contributed by atoms with Crippen LogP contribution in [0.2, 0.25) is 0 Å². The third-order valence-corrected chi connectivity index (χ3v) is 4.48. The summed E-state index contributed by atoms with van der Waals surface area (Å²) >= 11 is 0. The standard InChI is InChI=1S/C19H17N3O/c1-2-13-6-9-18-21-17-11-14(16-5-3-4-10-20-16)7-8-15(17)19(23)22(18)12-13/h2-5,7-8,10-11,13H,1,6,9,12H2. The van der Waals surface area contributed by atoms with Crippen LogP contribution in [0.3, 0.4) is 0 Å². The average Bonchev–Trinajstić information content (AvgIpc) is 2.62. The van der Waals surface area contributed by atoms with Crippen LogP contribution in [-0.2, 0) is 13.0 Å². The van der Waals surface area contributed by atoms with Crippen LogP contribution in [0, 0.1) is 5.92 Å². The minimum absolute atomic E-state index is 0.0455. The first-order chi connectivity index (χ1) is 11.3. The van der Waals surface area contributed by atoms with Crippen molar-refractivity contribution in [3.63, 3.8) is 0 Å². The Bertz CT molecular complexity index is 944. The highest BCUT2D eigenvalue weighted by molar-refractivity contribution is 5.83. The molecule has 23 heavy (non-hydrogen) atoms. The van der Waals surface area contributed by atoms with E-state index in [0.29, 0.717) is 17.8 Å². The summed E-state index contributed by atoms with van der Waals surface area (Å²) in [7, 11) is 0. The summed E-state index contributed by atoms with van der Waals surface area (Å²) in [4.78, 5) is 21.9. The van der Waals surface area contributed by atoms with Gasteiger partial charge in [-0.1, -0.05) is 18.2 Å². The molecule has 2 aromatic heterocycles. The molecule has 1 aliphatic rings. The Morgan fingerprint density at radius 2 is 2.17 bits per heavy atom. The van der Waals surface area contributed by atoms with E-state index in [1.165, 1.54) is 0 Å². The van der Waals surface area contributed by atoms with Gasteiger partial charge in [-0.2, -0.15) is 0 Å². The first-order valence-electron chi connectivity index (χ1n) is 7.83. The van der Waals surface area contributed by atoms with Crippen molar-refractivity contribution in [1.82, 2.24) is 14.5 Å². The largest absolute Gasteiger partial charge is 0.296 e. The Morgan fingerprint density at radius 3 is 2.96 bits per heavy atom. The smallest absolute Gasteiger partial charge is 0.261 e. The molecule has 1 aromatic carbocycles. The third-order valence-electron chi connectivity index (χ3n) is 4.48. The highest BCUT2D eigenvalue weighted by Crippen LogP contribution is 2.23. The van der Waals surface area contributed by atoms with E-state index >= 15 is 0 Å². The maximum Gasteiger partial charge on any atom is 0.261 e. The van der Waals surface area contributed by atoms with Crippen molar-refractivity contribution in [3.8, 4) is 11.3 Å². The average molecular weight is 303 g/mol. The topological polar surface area (TPSA) is 47.8 Å².